The molecule has 21 aromatic rings. The fourth-order valence-electron chi connectivity index (χ4n) is 17.3. The van der Waals surface area contributed by atoms with Crippen LogP contribution in [-0.4, -0.2) is 19.1 Å². The van der Waals surface area contributed by atoms with Crippen LogP contribution in [0.1, 0.15) is 0 Å². The van der Waals surface area contributed by atoms with Crippen LogP contribution in [0.25, 0.3) is 206 Å². The highest BCUT2D eigenvalue weighted by molar-refractivity contribution is 7.26. The summed E-state index contributed by atoms with van der Waals surface area (Å²) in [6, 6.07) is 119. The molecule has 0 saturated carbocycles. The van der Waals surface area contributed by atoms with Crippen molar-refractivity contribution in [2.45, 2.75) is 0 Å². The summed E-state index contributed by atoms with van der Waals surface area (Å²) in [5.74, 6) is 0.814. The number of nitrogens with zero attached hydrogens (tertiary/aromatic N) is 5. The standard InChI is InChI=1S/C94H53N5S2/c1-4-16-58(17-5-1)93-94(99-80-30-15-28-70-73-52-85-75(65-24-10-11-31-83(65)100-85)50-71(73)68-26-13-19-57-39-47-82(99)92(88(57)68)90(70)80)96-77-45-37-59(48-78(77)95-93)60-36-44-66-76-51-72-67-25-12-18-56-38-46-81-91(87(56)67)89-69(74(72)53-86(76)101-84(66)49-60)27-14-29-79(89)98(81)64-42-34-55(35-43-64)54-32-40-63(41-33-54)97(61-20-6-2-7-21-61)62-22-8-3-9-23-62/h1-53H. The van der Waals surface area contributed by atoms with Gasteiger partial charge >= 0.3 is 0 Å². The van der Waals surface area contributed by atoms with Gasteiger partial charge in [0.2, 0.25) is 0 Å². The molecular weight excluding hydrogens is 1260 g/mol. The molecule has 5 nitrogen and oxygen atoms in total. The average molecular weight is 1320 g/mol. The normalized spacial score (nSPS) is 12.4. The lowest BCUT2D eigenvalue weighted by atomic mass is 9.91. The number of para-hydroxylation sites is 2. The third kappa shape index (κ3) is 7.95. The zero-order valence-electron chi connectivity index (χ0n) is 54.2. The van der Waals surface area contributed by atoms with E-state index in [1.165, 1.54) is 150 Å². The van der Waals surface area contributed by atoms with E-state index in [-0.39, 0.29) is 0 Å². The molecule has 0 unspecified atom stereocenters. The van der Waals surface area contributed by atoms with Crippen LogP contribution in [0.3, 0.4) is 0 Å². The van der Waals surface area contributed by atoms with Crippen LogP contribution >= 0.6 is 22.7 Å². The van der Waals surface area contributed by atoms with Crippen molar-refractivity contribution >= 4 is 156 Å². The van der Waals surface area contributed by atoms with Crippen molar-refractivity contribution in [3.8, 4) is 89.5 Å². The molecule has 0 saturated heterocycles. The first-order valence-electron chi connectivity index (χ1n) is 34.5. The Morgan fingerprint density at radius 2 is 0.713 bits per heavy atom. The lowest BCUT2D eigenvalue weighted by Crippen LogP contribution is -2.09. The van der Waals surface area contributed by atoms with E-state index in [2.05, 4.69) is 336 Å². The molecule has 2 aliphatic carbocycles. The Bertz CT molecular complexity index is 7130. The van der Waals surface area contributed by atoms with Crippen molar-refractivity contribution < 1.29 is 0 Å². The van der Waals surface area contributed by atoms with Gasteiger partial charge in [-0.1, -0.05) is 200 Å². The second-order valence-electron chi connectivity index (χ2n) is 27.1. The van der Waals surface area contributed by atoms with E-state index in [1.807, 2.05) is 22.7 Å². The zero-order valence-corrected chi connectivity index (χ0v) is 55.8. The molecule has 0 fully saturated rings. The Morgan fingerprint density at radius 1 is 0.248 bits per heavy atom. The minimum Gasteiger partial charge on any atom is -0.311 e. The van der Waals surface area contributed by atoms with Gasteiger partial charge in [-0.15, -0.1) is 22.7 Å². The van der Waals surface area contributed by atoms with Crippen LogP contribution in [0.15, 0.2) is 322 Å². The monoisotopic (exact) mass is 1320 g/mol. The first-order valence-corrected chi connectivity index (χ1v) is 36.1. The highest BCUT2D eigenvalue weighted by atomic mass is 32.1. The second kappa shape index (κ2) is 20.9. The van der Waals surface area contributed by atoms with E-state index in [0.717, 1.165) is 73.0 Å². The predicted molar refractivity (Wildman–Crippen MR) is 429 cm³/mol. The van der Waals surface area contributed by atoms with Gasteiger partial charge in [0.05, 0.1) is 33.1 Å². The van der Waals surface area contributed by atoms with E-state index in [0.29, 0.717) is 0 Å². The Morgan fingerprint density at radius 3 is 1.35 bits per heavy atom. The number of hydrogen-bond donors (Lipinski definition) is 0. The molecule has 23 rings (SSSR count). The third-order valence-electron chi connectivity index (χ3n) is 21.7. The molecule has 7 heteroatoms. The van der Waals surface area contributed by atoms with Crippen LogP contribution < -0.4 is 4.90 Å². The molecule has 0 radical (unpaired) electrons. The number of aromatic nitrogens is 4. The van der Waals surface area contributed by atoms with Gasteiger partial charge < -0.3 is 9.47 Å². The molecule has 0 N–H and O–H groups in total. The van der Waals surface area contributed by atoms with Gasteiger partial charge in [0.15, 0.2) is 5.82 Å². The number of hydrogen-bond acceptors (Lipinski definition) is 5. The summed E-state index contributed by atoms with van der Waals surface area (Å²) in [7, 11) is 0. The minimum atomic E-state index is 0.814. The van der Waals surface area contributed by atoms with Gasteiger partial charge in [0, 0.05) is 90.2 Å². The third-order valence-corrected chi connectivity index (χ3v) is 24.0. The Hall–Kier alpha value is -12.8. The molecule has 5 heterocycles. The fourth-order valence-corrected chi connectivity index (χ4v) is 19.6. The molecule has 0 bridgehead atoms. The number of thiophene rings is 2. The van der Waals surface area contributed by atoms with Crippen molar-refractivity contribution in [3.63, 3.8) is 0 Å². The molecule has 16 aromatic carbocycles. The summed E-state index contributed by atoms with van der Waals surface area (Å²) in [5.41, 5.74) is 27.4. The average Bonchev–Trinajstić information content (AvgIpc) is 1.54. The summed E-state index contributed by atoms with van der Waals surface area (Å²) in [4.78, 5) is 13.7. The van der Waals surface area contributed by atoms with Gasteiger partial charge in [-0.25, -0.2) is 9.97 Å². The zero-order chi connectivity index (χ0) is 65.7. The quantitative estimate of drug-likeness (QED) is 0.152. The molecule has 5 aromatic heterocycles. The molecule has 0 atom stereocenters. The van der Waals surface area contributed by atoms with Crippen LogP contribution in [0.5, 0.6) is 0 Å². The minimum absolute atomic E-state index is 0.814. The van der Waals surface area contributed by atoms with E-state index in [1.54, 1.807) is 0 Å². The molecular formula is C94H53N5S2. The second-order valence-corrected chi connectivity index (χ2v) is 29.2. The largest absolute Gasteiger partial charge is 0.311 e. The maximum atomic E-state index is 5.72. The summed E-state index contributed by atoms with van der Waals surface area (Å²) >= 11 is 3.76. The topological polar surface area (TPSA) is 38.9 Å². The van der Waals surface area contributed by atoms with E-state index in [9.17, 15) is 0 Å². The van der Waals surface area contributed by atoms with Crippen LogP contribution in [0.2, 0.25) is 0 Å². The summed E-state index contributed by atoms with van der Waals surface area (Å²) in [6.07, 6.45) is 0. The van der Waals surface area contributed by atoms with E-state index in [4.69, 9.17) is 9.97 Å². The van der Waals surface area contributed by atoms with Crippen molar-refractivity contribution in [2.75, 3.05) is 4.90 Å². The predicted octanol–water partition coefficient (Wildman–Crippen LogP) is 26.6. The first kappa shape index (κ1) is 55.2. The molecule has 2 aliphatic rings. The summed E-state index contributed by atoms with van der Waals surface area (Å²) in [6.45, 7) is 0. The molecule has 101 heavy (non-hydrogen) atoms. The highest BCUT2D eigenvalue weighted by Gasteiger charge is 2.30. The van der Waals surface area contributed by atoms with Crippen molar-refractivity contribution in [1.29, 1.82) is 0 Å². The van der Waals surface area contributed by atoms with Crippen LogP contribution in [0.4, 0.5) is 17.1 Å². The van der Waals surface area contributed by atoms with Crippen LogP contribution in [0, 0.1) is 0 Å². The lowest BCUT2D eigenvalue weighted by Gasteiger charge is -2.25. The maximum Gasteiger partial charge on any atom is 0.165 e. The first-order chi connectivity index (χ1) is 50.1. The number of fused-ring (bicyclic) bond motifs is 13. The van der Waals surface area contributed by atoms with Gasteiger partial charge in [0.1, 0.15) is 5.69 Å². The number of benzene rings is 16. The summed E-state index contributed by atoms with van der Waals surface area (Å²) < 4.78 is 10.0. The maximum absolute atomic E-state index is 5.72. The van der Waals surface area contributed by atoms with E-state index >= 15 is 0 Å². The van der Waals surface area contributed by atoms with Gasteiger partial charge in [0.25, 0.3) is 0 Å². The van der Waals surface area contributed by atoms with Gasteiger partial charge in [-0.3, -0.25) is 4.57 Å². The van der Waals surface area contributed by atoms with Crippen molar-refractivity contribution in [1.82, 2.24) is 19.1 Å². The molecule has 466 valence electrons. The Kier molecular flexibility index (Phi) is 11.4. The van der Waals surface area contributed by atoms with Gasteiger partial charge in [-0.2, -0.15) is 0 Å². The Labute approximate surface area is 587 Å². The number of rotatable bonds is 8. The van der Waals surface area contributed by atoms with Crippen LogP contribution in [-0.2, 0) is 0 Å². The van der Waals surface area contributed by atoms with Gasteiger partial charge in [-0.05, 0) is 210 Å². The number of anilines is 3. The van der Waals surface area contributed by atoms with E-state index < -0.39 is 0 Å². The SMILES string of the molecule is c1ccc(-c2nc3cc(-c4ccc5c(c4)sc4cc6c(cc45)-c4cccc5ccc7c(c45)c4c-6cccc4n7-c4ccc(-c5ccc(N(c6ccccc6)c6ccccc6)cc5)cc4)ccc3nc2-n2c3cccc4c3c3c5c(cccc5ccc32)-c2cc3c(cc2-4)sc2ccccc23)cc1. The Balaban J connectivity index is 0.626. The molecule has 0 amide bonds. The molecule has 0 spiro atoms. The lowest BCUT2D eigenvalue weighted by molar-refractivity contribution is 1.08. The fraction of sp³-hybridized carbons (Fsp3) is 0. The van der Waals surface area contributed by atoms with Crippen molar-refractivity contribution in [3.05, 3.63) is 322 Å². The van der Waals surface area contributed by atoms with Crippen molar-refractivity contribution in [2.24, 2.45) is 0 Å². The molecule has 0 aliphatic heterocycles. The summed E-state index contributed by atoms with van der Waals surface area (Å²) in [5, 5.41) is 15.3. The highest BCUT2D eigenvalue weighted by Crippen LogP contribution is 2.55. The smallest absolute Gasteiger partial charge is 0.165 e.